The molecule has 0 radical (unpaired) electrons. The largest absolute Gasteiger partial charge is 0.311 e. The Morgan fingerprint density at radius 3 is 2.59 bits per heavy atom. The predicted octanol–water partition coefficient (Wildman–Crippen LogP) is 2.26. The van der Waals surface area contributed by atoms with E-state index in [2.05, 4.69) is 6.92 Å². The molecule has 2 unspecified atom stereocenters. The molecule has 1 fully saturated rings. The summed E-state index contributed by atoms with van der Waals surface area (Å²) in [6.45, 7) is 4.52. The van der Waals surface area contributed by atoms with Crippen LogP contribution in [0.5, 0.6) is 0 Å². The van der Waals surface area contributed by atoms with E-state index in [0.29, 0.717) is 12.5 Å². The number of pyridine rings is 1. The lowest BCUT2D eigenvalue weighted by Gasteiger charge is -2.14. The number of hydrogen-bond acceptors (Lipinski definition) is 2. The highest BCUT2D eigenvalue weighted by Crippen LogP contribution is 2.21. The van der Waals surface area contributed by atoms with Gasteiger partial charge in [0, 0.05) is 25.4 Å². The monoisotopic (exact) mass is 316 g/mol. The van der Waals surface area contributed by atoms with Gasteiger partial charge in [0.25, 0.3) is 5.56 Å². The standard InChI is InChI=1S/C17H20N2O2S/c1-14-9-11-19(12-14)22(21)16-7-5-15(6-8-16)13-18-10-3-2-4-17(18)20/h2-8,10,14H,9,11-13H2,1H3. The summed E-state index contributed by atoms with van der Waals surface area (Å²) in [6.07, 6.45) is 2.89. The Bertz CT molecular complexity index is 724. The fraction of sp³-hybridized carbons (Fsp3) is 0.353. The molecular weight excluding hydrogens is 296 g/mol. The number of rotatable bonds is 4. The van der Waals surface area contributed by atoms with Crippen molar-refractivity contribution in [3.63, 3.8) is 0 Å². The van der Waals surface area contributed by atoms with Crippen molar-refractivity contribution in [1.29, 1.82) is 0 Å². The minimum Gasteiger partial charge on any atom is -0.311 e. The van der Waals surface area contributed by atoms with Crippen LogP contribution in [-0.2, 0) is 17.5 Å². The quantitative estimate of drug-likeness (QED) is 0.868. The van der Waals surface area contributed by atoms with Gasteiger partial charge in [-0.2, -0.15) is 0 Å². The normalized spacial score (nSPS) is 20.1. The average molecular weight is 316 g/mol. The van der Waals surface area contributed by atoms with E-state index >= 15 is 0 Å². The van der Waals surface area contributed by atoms with Gasteiger partial charge in [-0.15, -0.1) is 0 Å². The molecule has 22 heavy (non-hydrogen) atoms. The Labute approximate surface area is 133 Å². The fourth-order valence-corrected chi connectivity index (χ4v) is 4.02. The van der Waals surface area contributed by atoms with Gasteiger partial charge in [-0.1, -0.05) is 25.1 Å². The number of benzene rings is 1. The summed E-state index contributed by atoms with van der Waals surface area (Å²) in [5.74, 6) is 0.619. The molecule has 0 amide bonds. The maximum atomic E-state index is 12.5. The molecular formula is C17H20N2O2S. The van der Waals surface area contributed by atoms with E-state index in [4.69, 9.17) is 0 Å². The van der Waals surface area contributed by atoms with E-state index in [1.807, 2.05) is 34.6 Å². The summed E-state index contributed by atoms with van der Waals surface area (Å²) in [4.78, 5) is 12.5. The van der Waals surface area contributed by atoms with Gasteiger partial charge in [-0.25, -0.2) is 8.51 Å². The molecule has 2 atom stereocenters. The van der Waals surface area contributed by atoms with Crippen molar-refractivity contribution in [2.24, 2.45) is 5.92 Å². The van der Waals surface area contributed by atoms with E-state index in [0.717, 1.165) is 30.0 Å². The summed E-state index contributed by atoms with van der Waals surface area (Å²) in [5.41, 5.74) is 1.02. The lowest BCUT2D eigenvalue weighted by atomic mass is 10.2. The maximum Gasteiger partial charge on any atom is 0.250 e. The molecule has 1 aliphatic rings. The minimum absolute atomic E-state index is 0.0128. The Morgan fingerprint density at radius 1 is 1.18 bits per heavy atom. The topological polar surface area (TPSA) is 42.3 Å². The molecule has 1 aromatic carbocycles. The molecule has 2 aromatic rings. The number of aromatic nitrogens is 1. The summed E-state index contributed by atoms with van der Waals surface area (Å²) in [6, 6.07) is 12.8. The highest BCUT2D eigenvalue weighted by molar-refractivity contribution is 7.82. The fourth-order valence-electron chi connectivity index (χ4n) is 2.69. The zero-order valence-corrected chi connectivity index (χ0v) is 13.5. The third kappa shape index (κ3) is 3.36. The highest BCUT2D eigenvalue weighted by Gasteiger charge is 2.24. The van der Waals surface area contributed by atoms with Crippen molar-refractivity contribution in [3.05, 3.63) is 64.6 Å². The first-order chi connectivity index (χ1) is 10.6. The molecule has 0 spiro atoms. The predicted molar refractivity (Wildman–Crippen MR) is 88.0 cm³/mol. The minimum atomic E-state index is -1.07. The average Bonchev–Trinajstić information content (AvgIpc) is 2.96. The van der Waals surface area contributed by atoms with Crippen molar-refractivity contribution in [2.75, 3.05) is 13.1 Å². The Hall–Kier alpha value is -1.72. The van der Waals surface area contributed by atoms with Crippen LogP contribution in [0.15, 0.2) is 58.4 Å². The molecule has 5 heteroatoms. The summed E-state index contributed by atoms with van der Waals surface area (Å²) in [5, 5.41) is 0. The van der Waals surface area contributed by atoms with Crippen molar-refractivity contribution >= 4 is 11.0 Å². The van der Waals surface area contributed by atoms with E-state index in [-0.39, 0.29) is 5.56 Å². The lowest BCUT2D eigenvalue weighted by Crippen LogP contribution is -2.23. The molecule has 1 aromatic heterocycles. The molecule has 4 nitrogen and oxygen atoms in total. The van der Waals surface area contributed by atoms with Crippen LogP contribution >= 0.6 is 0 Å². The lowest BCUT2D eigenvalue weighted by molar-refractivity contribution is 0.513. The van der Waals surface area contributed by atoms with Gasteiger partial charge in [-0.05, 0) is 36.1 Å². The van der Waals surface area contributed by atoms with Crippen LogP contribution in [0.3, 0.4) is 0 Å². The van der Waals surface area contributed by atoms with Gasteiger partial charge in [-0.3, -0.25) is 4.79 Å². The molecule has 0 saturated carbocycles. The molecule has 0 bridgehead atoms. The first-order valence-corrected chi connectivity index (χ1v) is 8.65. The number of nitrogens with zero attached hydrogens (tertiary/aromatic N) is 2. The second-order valence-corrected chi connectivity index (χ2v) is 7.33. The summed E-state index contributed by atoms with van der Waals surface area (Å²) in [7, 11) is -1.07. The maximum absolute atomic E-state index is 12.5. The highest BCUT2D eigenvalue weighted by atomic mass is 32.2. The second-order valence-electron chi connectivity index (χ2n) is 5.84. The van der Waals surface area contributed by atoms with Gasteiger partial charge in [0.15, 0.2) is 0 Å². The van der Waals surface area contributed by atoms with Gasteiger partial charge in [0.2, 0.25) is 0 Å². The Morgan fingerprint density at radius 2 is 1.95 bits per heavy atom. The second kappa shape index (κ2) is 6.58. The number of hydrogen-bond donors (Lipinski definition) is 0. The third-order valence-corrected chi connectivity index (χ3v) is 5.47. The van der Waals surface area contributed by atoms with E-state index in [9.17, 15) is 9.00 Å². The van der Waals surface area contributed by atoms with Crippen LogP contribution in [0.2, 0.25) is 0 Å². The zero-order valence-electron chi connectivity index (χ0n) is 12.6. The molecule has 3 rings (SSSR count). The van der Waals surface area contributed by atoms with Crippen LogP contribution < -0.4 is 5.56 Å². The molecule has 1 saturated heterocycles. The van der Waals surface area contributed by atoms with E-state index < -0.39 is 11.0 Å². The first-order valence-electron chi connectivity index (χ1n) is 7.55. The SMILES string of the molecule is CC1CCN(S(=O)c2ccc(Cn3ccccc3=O)cc2)C1. The van der Waals surface area contributed by atoms with Crippen LogP contribution in [0.1, 0.15) is 18.9 Å². The van der Waals surface area contributed by atoms with Gasteiger partial charge < -0.3 is 4.57 Å². The molecule has 116 valence electrons. The summed E-state index contributed by atoms with van der Waals surface area (Å²) < 4.78 is 16.2. The van der Waals surface area contributed by atoms with Gasteiger partial charge >= 0.3 is 0 Å². The van der Waals surface area contributed by atoms with Crippen LogP contribution in [0.4, 0.5) is 0 Å². The first kappa shape index (κ1) is 15.2. The molecule has 0 N–H and O–H groups in total. The van der Waals surface area contributed by atoms with E-state index in [1.54, 1.807) is 22.9 Å². The van der Waals surface area contributed by atoms with Gasteiger partial charge in [0.1, 0.15) is 11.0 Å². The summed E-state index contributed by atoms with van der Waals surface area (Å²) >= 11 is 0. The van der Waals surface area contributed by atoms with Crippen LogP contribution in [-0.4, -0.2) is 26.2 Å². The van der Waals surface area contributed by atoms with Crippen LogP contribution in [0.25, 0.3) is 0 Å². The Balaban J connectivity index is 1.72. The van der Waals surface area contributed by atoms with Crippen molar-refractivity contribution in [2.45, 2.75) is 24.8 Å². The zero-order chi connectivity index (χ0) is 15.5. The van der Waals surface area contributed by atoms with Crippen molar-refractivity contribution in [3.8, 4) is 0 Å². The molecule has 0 aliphatic carbocycles. The smallest absolute Gasteiger partial charge is 0.250 e. The van der Waals surface area contributed by atoms with E-state index in [1.165, 1.54) is 0 Å². The Kier molecular flexibility index (Phi) is 4.55. The molecule has 2 heterocycles. The van der Waals surface area contributed by atoms with Crippen molar-refractivity contribution in [1.82, 2.24) is 8.87 Å². The van der Waals surface area contributed by atoms with Crippen LogP contribution in [0, 0.1) is 5.92 Å². The van der Waals surface area contributed by atoms with Gasteiger partial charge in [0.05, 0.1) is 11.4 Å². The molecule has 1 aliphatic heterocycles. The van der Waals surface area contributed by atoms with Crippen molar-refractivity contribution < 1.29 is 4.21 Å². The third-order valence-electron chi connectivity index (χ3n) is 4.00.